The van der Waals surface area contributed by atoms with Crippen LogP contribution in [0.1, 0.15) is 30.0 Å². The number of rotatable bonds is 4. The number of nitrogens with zero attached hydrogens (tertiary/aromatic N) is 1. The quantitative estimate of drug-likeness (QED) is 0.480. The van der Waals surface area contributed by atoms with Crippen LogP contribution in [0.5, 0.6) is 0 Å². The lowest BCUT2D eigenvalue weighted by Gasteiger charge is -2.10. The minimum absolute atomic E-state index is 0. The topological polar surface area (TPSA) is 36.4 Å². The van der Waals surface area contributed by atoms with Crippen LogP contribution in [0, 0.1) is 5.92 Å². The number of thiophene rings is 1. The molecule has 0 radical (unpaired) electrons. The molecule has 0 bridgehead atoms. The molecule has 1 aromatic rings. The summed E-state index contributed by atoms with van der Waals surface area (Å²) in [7, 11) is 1.83. The normalized spacial score (nSPS) is 22.3. The first-order chi connectivity index (χ1) is 8.22. The van der Waals surface area contributed by atoms with E-state index in [1.54, 1.807) is 0 Å². The smallest absolute Gasteiger partial charge is 0.191 e. The zero-order valence-corrected chi connectivity index (χ0v) is 14.3. The highest BCUT2D eigenvalue weighted by atomic mass is 127. The van der Waals surface area contributed by atoms with E-state index in [9.17, 15) is 0 Å². The molecule has 102 valence electrons. The van der Waals surface area contributed by atoms with Crippen molar-refractivity contribution in [3.05, 3.63) is 21.9 Å². The highest BCUT2D eigenvalue weighted by Crippen LogP contribution is 2.28. The van der Waals surface area contributed by atoms with Crippen LogP contribution in [0.3, 0.4) is 0 Å². The SMILES string of the molecule is CCc1ccc(CNC(=NC)NC2CC2C)s1.I. The summed E-state index contributed by atoms with van der Waals surface area (Å²) in [6.45, 7) is 5.32. The second-order valence-corrected chi connectivity index (χ2v) is 5.86. The van der Waals surface area contributed by atoms with E-state index in [0.29, 0.717) is 6.04 Å². The third kappa shape index (κ3) is 4.42. The maximum absolute atomic E-state index is 4.24. The average Bonchev–Trinajstić information content (AvgIpc) is 2.85. The number of hydrogen-bond donors (Lipinski definition) is 2. The Morgan fingerprint density at radius 1 is 1.44 bits per heavy atom. The summed E-state index contributed by atoms with van der Waals surface area (Å²) in [5.41, 5.74) is 0. The van der Waals surface area contributed by atoms with E-state index < -0.39 is 0 Å². The van der Waals surface area contributed by atoms with Gasteiger partial charge in [0.2, 0.25) is 0 Å². The molecule has 1 aliphatic carbocycles. The molecule has 0 amide bonds. The van der Waals surface area contributed by atoms with Crippen LogP contribution >= 0.6 is 35.3 Å². The van der Waals surface area contributed by atoms with Gasteiger partial charge in [-0.2, -0.15) is 0 Å². The first kappa shape index (κ1) is 15.8. The van der Waals surface area contributed by atoms with Gasteiger partial charge in [-0.15, -0.1) is 35.3 Å². The van der Waals surface area contributed by atoms with Crippen LogP contribution in [-0.2, 0) is 13.0 Å². The minimum Gasteiger partial charge on any atom is -0.353 e. The molecule has 1 fully saturated rings. The van der Waals surface area contributed by atoms with Crippen LogP contribution in [0.4, 0.5) is 0 Å². The van der Waals surface area contributed by atoms with E-state index in [4.69, 9.17) is 0 Å². The molecule has 3 nitrogen and oxygen atoms in total. The molecule has 0 aromatic carbocycles. The Hall–Kier alpha value is -0.300. The van der Waals surface area contributed by atoms with Gasteiger partial charge in [0.15, 0.2) is 5.96 Å². The molecule has 2 atom stereocenters. The molecule has 1 heterocycles. The highest BCUT2D eigenvalue weighted by Gasteiger charge is 2.33. The summed E-state index contributed by atoms with van der Waals surface area (Å²) >= 11 is 1.88. The first-order valence-electron chi connectivity index (χ1n) is 6.27. The summed E-state index contributed by atoms with van der Waals surface area (Å²) in [4.78, 5) is 7.06. The van der Waals surface area contributed by atoms with Crippen molar-refractivity contribution in [2.75, 3.05) is 7.05 Å². The Morgan fingerprint density at radius 2 is 2.11 bits per heavy atom. The van der Waals surface area contributed by atoms with Crippen molar-refractivity contribution in [2.24, 2.45) is 10.9 Å². The van der Waals surface area contributed by atoms with Crippen LogP contribution < -0.4 is 10.6 Å². The second kappa shape index (κ2) is 7.33. The lowest BCUT2D eigenvalue weighted by Crippen LogP contribution is -2.38. The Kier molecular flexibility index (Phi) is 6.42. The van der Waals surface area contributed by atoms with Crippen LogP contribution in [0.15, 0.2) is 17.1 Å². The molecule has 2 unspecified atom stereocenters. The van der Waals surface area contributed by atoms with Crippen molar-refractivity contribution >= 4 is 41.3 Å². The number of aliphatic imine (C=N–C) groups is 1. The first-order valence-corrected chi connectivity index (χ1v) is 7.09. The van der Waals surface area contributed by atoms with E-state index in [2.05, 4.69) is 41.6 Å². The Labute approximate surface area is 130 Å². The van der Waals surface area contributed by atoms with Gasteiger partial charge in [0.05, 0.1) is 6.54 Å². The van der Waals surface area contributed by atoms with E-state index >= 15 is 0 Å². The fourth-order valence-electron chi connectivity index (χ4n) is 1.77. The Balaban J connectivity index is 0.00000162. The van der Waals surface area contributed by atoms with Gasteiger partial charge < -0.3 is 10.6 Å². The van der Waals surface area contributed by atoms with Crippen molar-refractivity contribution in [1.82, 2.24) is 10.6 Å². The molecule has 18 heavy (non-hydrogen) atoms. The Morgan fingerprint density at radius 3 is 2.61 bits per heavy atom. The highest BCUT2D eigenvalue weighted by molar-refractivity contribution is 14.0. The number of hydrogen-bond acceptors (Lipinski definition) is 2. The maximum atomic E-state index is 4.24. The van der Waals surface area contributed by atoms with Crippen molar-refractivity contribution in [3.8, 4) is 0 Å². The standard InChI is InChI=1S/C13H21N3S.HI/c1-4-10-5-6-11(17-10)8-15-13(14-3)16-12-7-9(12)2;/h5-6,9,12H,4,7-8H2,1-3H3,(H2,14,15,16);1H. The Bertz CT molecular complexity index is 403. The average molecular weight is 379 g/mol. The van der Waals surface area contributed by atoms with Gasteiger partial charge in [0.25, 0.3) is 0 Å². The lowest BCUT2D eigenvalue weighted by molar-refractivity contribution is 0.766. The molecule has 1 aromatic heterocycles. The van der Waals surface area contributed by atoms with E-state index in [-0.39, 0.29) is 24.0 Å². The maximum Gasteiger partial charge on any atom is 0.191 e. The van der Waals surface area contributed by atoms with Gasteiger partial charge in [0, 0.05) is 22.8 Å². The van der Waals surface area contributed by atoms with Crippen LogP contribution in [0.25, 0.3) is 0 Å². The largest absolute Gasteiger partial charge is 0.353 e. The summed E-state index contributed by atoms with van der Waals surface area (Å²) in [6, 6.07) is 5.03. The predicted molar refractivity (Wildman–Crippen MR) is 90.0 cm³/mol. The van der Waals surface area contributed by atoms with Crippen molar-refractivity contribution in [3.63, 3.8) is 0 Å². The fourth-order valence-corrected chi connectivity index (χ4v) is 2.67. The van der Waals surface area contributed by atoms with E-state index in [1.165, 1.54) is 16.2 Å². The third-order valence-corrected chi connectivity index (χ3v) is 4.38. The molecule has 0 aliphatic heterocycles. The molecule has 5 heteroatoms. The van der Waals surface area contributed by atoms with Crippen molar-refractivity contribution in [2.45, 2.75) is 39.3 Å². The zero-order valence-electron chi connectivity index (χ0n) is 11.2. The van der Waals surface area contributed by atoms with E-state index in [1.807, 2.05) is 18.4 Å². The van der Waals surface area contributed by atoms with Gasteiger partial charge >= 0.3 is 0 Å². The van der Waals surface area contributed by atoms with Gasteiger partial charge in [-0.25, -0.2) is 0 Å². The monoisotopic (exact) mass is 379 g/mol. The molecule has 2 rings (SSSR count). The molecular formula is C13H22IN3S. The molecule has 0 spiro atoms. The molecular weight excluding hydrogens is 357 g/mol. The van der Waals surface area contributed by atoms with Crippen LogP contribution in [0.2, 0.25) is 0 Å². The number of guanidine groups is 1. The predicted octanol–water partition coefficient (Wildman–Crippen LogP) is 3.00. The summed E-state index contributed by atoms with van der Waals surface area (Å²) in [5, 5.41) is 6.79. The summed E-state index contributed by atoms with van der Waals surface area (Å²) in [6.07, 6.45) is 2.39. The minimum atomic E-state index is 0. The number of nitrogens with one attached hydrogen (secondary N) is 2. The molecule has 1 saturated carbocycles. The van der Waals surface area contributed by atoms with Gasteiger partial charge in [-0.3, -0.25) is 4.99 Å². The van der Waals surface area contributed by atoms with Gasteiger partial charge in [0.1, 0.15) is 0 Å². The third-order valence-electron chi connectivity index (χ3n) is 3.15. The summed E-state index contributed by atoms with van der Waals surface area (Å²) < 4.78 is 0. The molecule has 0 saturated heterocycles. The second-order valence-electron chi connectivity index (χ2n) is 4.61. The fraction of sp³-hybridized carbons (Fsp3) is 0.615. The van der Waals surface area contributed by atoms with Gasteiger partial charge in [-0.05, 0) is 30.9 Å². The van der Waals surface area contributed by atoms with Crippen LogP contribution in [-0.4, -0.2) is 19.0 Å². The van der Waals surface area contributed by atoms with Gasteiger partial charge in [-0.1, -0.05) is 13.8 Å². The molecule has 2 N–H and O–H groups in total. The number of aryl methyl sites for hydroxylation is 1. The zero-order chi connectivity index (χ0) is 12.3. The summed E-state index contributed by atoms with van der Waals surface area (Å²) in [5.74, 6) is 1.72. The lowest BCUT2D eigenvalue weighted by atomic mass is 10.3. The van der Waals surface area contributed by atoms with Crippen molar-refractivity contribution in [1.29, 1.82) is 0 Å². The van der Waals surface area contributed by atoms with Crippen molar-refractivity contribution < 1.29 is 0 Å². The number of halogens is 1. The molecule has 1 aliphatic rings. The van der Waals surface area contributed by atoms with E-state index in [0.717, 1.165) is 24.8 Å².